The van der Waals surface area contributed by atoms with Crippen LogP contribution in [0.2, 0.25) is 0 Å². The first-order valence-corrected chi connectivity index (χ1v) is 7.43. The second-order valence-corrected chi connectivity index (χ2v) is 5.93. The maximum atomic E-state index is 12.1. The first kappa shape index (κ1) is 16.7. The zero-order valence-corrected chi connectivity index (χ0v) is 12.5. The summed E-state index contributed by atoms with van der Waals surface area (Å²) >= 11 is 0. The summed E-state index contributed by atoms with van der Waals surface area (Å²) < 4.78 is 26.7. The Labute approximate surface area is 125 Å². The van der Waals surface area contributed by atoms with E-state index in [1.165, 1.54) is 0 Å². The first-order chi connectivity index (χ1) is 9.12. The Hall–Kier alpha value is -1.40. The number of hydrogen-bond acceptors (Lipinski definition) is 3. The first-order valence-electron chi connectivity index (χ1n) is 5.94. The van der Waals surface area contributed by atoms with Crippen molar-refractivity contribution < 1.29 is 8.42 Å². The Morgan fingerprint density at radius 2 is 1.50 bits per heavy atom. The van der Waals surface area contributed by atoms with E-state index in [4.69, 9.17) is 5.73 Å². The van der Waals surface area contributed by atoms with Crippen LogP contribution in [0.4, 0.5) is 0 Å². The molecule has 0 heterocycles. The van der Waals surface area contributed by atoms with Crippen LogP contribution in [0.1, 0.15) is 11.1 Å². The third kappa shape index (κ3) is 4.31. The molecule has 0 spiro atoms. The summed E-state index contributed by atoms with van der Waals surface area (Å²) in [5.74, 6) is 0. The molecule has 0 aliphatic carbocycles. The number of rotatable bonds is 5. The molecule has 0 saturated carbocycles. The predicted molar refractivity (Wildman–Crippen MR) is 82.0 cm³/mol. The van der Waals surface area contributed by atoms with E-state index in [-0.39, 0.29) is 23.8 Å². The van der Waals surface area contributed by atoms with Crippen molar-refractivity contribution in [3.63, 3.8) is 0 Å². The van der Waals surface area contributed by atoms with Crippen LogP contribution in [0.5, 0.6) is 0 Å². The maximum Gasteiger partial charge on any atom is 0.240 e. The standard InChI is InChI=1S/C14H16N2O2S.ClH/c15-10-12-6-8-14(9-7-12)19(17,18)16-11-13-4-2-1-3-5-13;/h1-9,16H,10-11,15H2;1H. The fourth-order valence-electron chi connectivity index (χ4n) is 1.66. The molecule has 0 radical (unpaired) electrons. The van der Waals surface area contributed by atoms with Crippen LogP contribution in [0, 0.1) is 0 Å². The smallest absolute Gasteiger partial charge is 0.240 e. The minimum Gasteiger partial charge on any atom is -0.326 e. The Bertz CT molecular complexity index is 628. The SMILES string of the molecule is Cl.NCc1ccc(S(=O)(=O)NCc2ccccc2)cc1. The highest BCUT2D eigenvalue weighted by Crippen LogP contribution is 2.11. The number of nitrogens with one attached hydrogen (secondary N) is 1. The summed E-state index contributed by atoms with van der Waals surface area (Å²) in [6, 6.07) is 16.0. The fourth-order valence-corrected chi connectivity index (χ4v) is 2.68. The van der Waals surface area contributed by atoms with Gasteiger partial charge in [-0.05, 0) is 23.3 Å². The van der Waals surface area contributed by atoms with Gasteiger partial charge in [0, 0.05) is 13.1 Å². The van der Waals surface area contributed by atoms with Crippen molar-refractivity contribution in [2.45, 2.75) is 18.0 Å². The highest BCUT2D eigenvalue weighted by atomic mass is 35.5. The summed E-state index contributed by atoms with van der Waals surface area (Å²) in [6.07, 6.45) is 0. The van der Waals surface area contributed by atoms with Gasteiger partial charge in [-0.3, -0.25) is 0 Å². The van der Waals surface area contributed by atoms with Crippen LogP contribution in [0.25, 0.3) is 0 Å². The number of hydrogen-bond donors (Lipinski definition) is 2. The van der Waals surface area contributed by atoms with Crippen molar-refractivity contribution in [1.29, 1.82) is 0 Å². The van der Waals surface area contributed by atoms with Gasteiger partial charge >= 0.3 is 0 Å². The molecule has 0 bridgehead atoms. The molecule has 2 aromatic carbocycles. The zero-order chi connectivity index (χ0) is 13.7. The molecule has 4 nitrogen and oxygen atoms in total. The van der Waals surface area contributed by atoms with Crippen molar-refractivity contribution in [1.82, 2.24) is 4.72 Å². The van der Waals surface area contributed by atoms with E-state index in [2.05, 4.69) is 4.72 Å². The lowest BCUT2D eigenvalue weighted by molar-refractivity contribution is 0.581. The molecular weight excluding hydrogens is 296 g/mol. The van der Waals surface area contributed by atoms with Crippen LogP contribution >= 0.6 is 12.4 Å². The van der Waals surface area contributed by atoms with Gasteiger partial charge < -0.3 is 5.73 Å². The summed E-state index contributed by atoms with van der Waals surface area (Å²) in [6.45, 7) is 0.680. The zero-order valence-electron chi connectivity index (χ0n) is 10.8. The van der Waals surface area contributed by atoms with E-state index >= 15 is 0 Å². The normalized spacial score (nSPS) is 10.8. The monoisotopic (exact) mass is 312 g/mol. The minimum absolute atomic E-state index is 0. The van der Waals surface area contributed by atoms with E-state index in [0.717, 1.165) is 11.1 Å². The lowest BCUT2D eigenvalue weighted by atomic mass is 10.2. The summed E-state index contributed by atoms with van der Waals surface area (Å²) in [5, 5.41) is 0. The maximum absolute atomic E-state index is 12.1. The van der Waals surface area contributed by atoms with E-state index in [1.54, 1.807) is 24.3 Å². The van der Waals surface area contributed by atoms with Gasteiger partial charge in [-0.15, -0.1) is 12.4 Å². The van der Waals surface area contributed by atoms with Gasteiger partial charge in [-0.2, -0.15) is 0 Å². The quantitative estimate of drug-likeness (QED) is 0.887. The van der Waals surface area contributed by atoms with Gasteiger partial charge in [0.1, 0.15) is 0 Å². The average Bonchev–Trinajstić information content (AvgIpc) is 2.46. The molecule has 0 aromatic heterocycles. The topological polar surface area (TPSA) is 72.2 Å². The second-order valence-electron chi connectivity index (χ2n) is 4.16. The molecule has 0 fully saturated rings. The Balaban J connectivity index is 0.00000200. The molecule has 0 amide bonds. The lowest BCUT2D eigenvalue weighted by Crippen LogP contribution is -2.23. The molecule has 3 N–H and O–H groups in total. The summed E-state index contributed by atoms with van der Waals surface area (Å²) in [4.78, 5) is 0.251. The molecule has 0 aliphatic rings. The van der Waals surface area contributed by atoms with E-state index < -0.39 is 10.0 Å². The molecule has 20 heavy (non-hydrogen) atoms. The van der Waals surface area contributed by atoms with Gasteiger partial charge in [-0.25, -0.2) is 13.1 Å². The second kappa shape index (κ2) is 7.40. The average molecular weight is 313 g/mol. The molecule has 6 heteroatoms. The summed E-state index contributed by atoms with van der Waals surface area (Å²) in [5.41, 5.74) is 7.30. The van der Waals surface area contributed by atoms with Crippen molar-refractivity contribution in [3.05, 3.63) is 65.7 Å². The minimum atomic E-state index is -3.47. The Kier molecular flexibility index (Phi) is 6.16. The van der Waals surface area contributed by atoms with Crippen molar-refractivity contribution >= 4 is 22.4 Å². The van der Waals surface area contributed by atoms with Gasteiger partial charge in [0.05, 0.1) is 4.90 Å². The van der Waals surface area contributed by atoms with Crippen LogP contribution in [0.15, 0.2) is 59.5 Å². The third-order valence-electron chi connectivity index (χ3n) is 2.78. The van der Waals surface area contributed by atoms with Crippen molar-refractivity contribution in [2.75, 3.05) is 0 Å². The van der Waals surface area contributed by atoms with Crippen LogP contribution in [-0.2, 0) is 23.1 Å². The summed E-state index contributed by atoms with van der Waals surface area (Å²) in [7, 11) is -3.47. The molecule has 2 aromatic rings. The lowest BCUT2D eigenvalue weighted by Gasteiger charge is -2.07. The van der Waals surface area contributed by atoms with Crippen molar-refractivity contribution in [3.8, 4) is 0 Å². The molecule has 0 aliphatic heterocycles. The van der Waals surface area contributed by atoms with Gasteiger partial charge in [-0.1, -0.05) is 42.5 Å². The number of nitrogens with two attached hydrogens (primary N) is 1. The molecule has 0 saturated heterocycles. The van der Waals surface area contributed by atoms with Gasteiger partial charge in [0.25, 0.3) is 0 Å². The fraction of sp³-hybridized carbons (Fsp3) is 0.143. The van der Waals surface area contributed by atoms with E-state index in [0.29, 0.717) is 6.54 Å². The van der Waals surface area contributed by atoms with Crippen molar-refractivity contribution in [2.24, 2.45) is 5.73 Å². The van der Waals surface area contributed by atoms with Gasteiger partial charge in [0.2, 0.25) is 10.0 Å². The molecule has 108 valence electrons. The van der Waals surface area contributed by atoms with Crippen LogP contribution in [0.3, 0.4) is 0 Å². The number of halogens is 1. The largest absolute Gasteiger partial charge is 0.326 e. The molecular formula is C14H17ClN2O2S. The third-order valence-corrected chi connectivity index (χ3v) is 4.20. The highest BCUT2D eigenvalue weighted by molar-refractivity contribution is 7.89. The number of sulfonamides is 1. The highest BCUT2D eigenvalue weighted by Gasteiger charge is 2.12. The number of benzene rings is 2. The van der Waals surface area contributed by atoms with E-state index in [9.17, 15) is 8.42 Å². The Morgan fingerprint density at radius 3 is 2.05 bits per heavy atom. The van der Waals surface area contributed by atoms with Crippen LogP contribution in [-0.4, -0.2) is 8.42 Å². The Morgan fingerprint density at radius 1 is 0.900 bits per heavy atom. The molecule has 2 rings (SSSR count). The van der Waals surface area contributed by atoms with Crippen LogP contribution < -0.4 is 10.5 Å². The molecule has 0 atom stereocenters. The predicted octanol–water partition coefficient (Wildman–Crippen LogP) is 2.05. The molecule has 0 unspecified atom stereocenters. The van der Waals surface area contributed by atoms with E-state index in [1.807, 2.05) is 30.3 Å². The van der Waals surface area contributed by atoms with Gasteiger partial charge in [0.15, 0.2) is 0 Å².